The minimum Gasteiger partial charge on any atom is -0.399 e. The van der Waals surface area contributed by atoms with Crippen molar-refractivity contribution in [3.63, 3.8) is 0 Å². The van der Waals surface area contributed by atoms with Gasteiger partial charge in [0.2, 0.25) is 0 Å². The van der Waals surface area contributed by atoms with Crippen molar-refractivity contribution < 1.29 is 4.79 Å². The Kier molecular flexibility index (Phi) is 3.88. The predicted molar refractivity (Wildman–Crippen MR) is 84.8 cm³/mol. The van der Waals surface area contributed by atoms with Gasteiger partial charge in [-0.15, -0.1) is 0 Å². The fourth-order valence-electron chi connectivity index (χ4n) is 2.04. The third-order valence-electron chi connectivity index (χ3n) is 3.15. The van der Waals surface area contributed by atoms with Crippen LogP contribution in [0.4, 0.5) is 16.3 Å². The third-order valence-corrected chi connectivity index (χ3v) is 3.15. The first kappa shape index (κ1) is 14.9. The quantitative estimate of drug-likeness (QED) is 0.742. The highest BCUT2D eigenvalue weighted by Crippen LogP contribution is 2.31. The second kappa shape index (κ2) is 5.47. The number of amides is 2. The molecule has 0 unspecified atom stereocenters. The lowest BCUT2D eigenvalue weighted by Crippen LogP contribution is -2.27. The first-order chi connectivity index (χ1) is 9.82. The molecule has 1 aromatic heterocycles. The molecule has 2 amide bonds. The second-order valence-electron chi connectivity index (χ2n) is 5.87. The number of nitrogens with two attached hydrogens (primary N) is 1. The van der Waals surface area contributed by atoms with E-state index < -0.39 is 0 Å². The molecule has 0 saturated carbocycles. The highest BCUT2D eigenvalue weighted by Gasteiger charge is 2.24. The molecule has 6 nitrogen and oxygen atoms in total. The molecule has 112 valence electrons. The van der Waals surface area contributed by atoms with Crippen LogP contribution >= 0.6 is 0 Å². The molecule has 0 atom stereocenters. The molecular weight excluding hydrogens is 266 g/mol. The van der Waals surface area contributed by atoms with Crippen LogP contribution in [0, 0.1) is 0 Å². The first-order valence-electron chi connectivity index (χ1n) is 6.76. The van der Waals surface area contributed by atoms with Crippen LogP contribution in [0.1, 0.15) is 26.3 Å². The SMILES string of the molecule is CNC(=O)Nc1c(C(C)(C)C)cnn1-c1cccc(N)c1. The standard InChI is InChI=1S/C15H21N5O/c1-15(2,3)12-9-18-20(13(12)19-14(21)17-4)11-7-5-6-10(16)8-11/h5-9H,16H2,1-4H3,(H2,17,19,21). The van der Waals surface area contributed by atoms with Crippen LogP contribution in [-0.4, -0.2) is 22.9 Å². The topological polar surface area (TPSA) is 85.0 Å². The minimum absolute atomic E-state index is 0.144. The normalized spacial score (nSPS) is 11.2. The molecule has 21 heavy (non-hydrogen) atoms. The summed E-state index contributed by atoms with van der Waals surface area (Å²) >= 11 is 0. The largest absolute Gasteiger partial charge is 0.399 e. The average Bonchev–Trinajstić information content (AvgIpc) is 2.82. The molecule has 0 aliphatic heterocycles. The Morgan fingerprint density at radius 2 is 2.05 bits per heavy atom. The summed E-state index contributed by atoms with van der Waals surface area (Å²) in [6.45, 7) is 6.22. The molecule has 1 heterocycles. The molecular formula is C15H21N5O. The Labute approximate surface area is 124 Å². The zero-order valence-corrected chi connectivity index (χ0v) is 12.8. The monoisotopic (exact) mass is 287 g/mol. The Hall–Kier alpha value is -2.50. The summed E-state index contributed by atoms with van der Waals surface area (Å²) < 4.78 is 1.69. The third kappa shape index (κ3) is 3.16. The highest BCUT2D eigenvalue weighted by atomic mass is 16.2. The van der Waals surface area contributed by atoms with Crippen molar-refractivity contribution in [3.8, 4) is 5.69 Å². The van der Waals surface area contributed by atoms with Gasteiger partial charge in [-0.25, -0.2) is 9.48 Å². The van der Waals surface area contributed by atoms with Crippen molar-refractivity contribution in [1.82, 2.24) is 15.1 Å². The van der Waals surface area contributed by atoms with E-state index in [2.05, 4.69) is 36.5 Å². The summed E-state index contributed by atoms with van der Waals surface area (Å²) in [4.78, 5) is 11.7. The van der Waals surface area contributed by atoms with Crippen molar-refractivity contribution in [1.29, 1.82) is 0 Å². The molecule has 6 heteroatoms. The van der Waals surface area contributed by atoms with E-state index >= 15 is 0 Å². The molecule has 0 fully saturated rings. The number of hydrogen-bond acceptors (Lipinski definition) is 3. The molecule has 0 radical (unpaired) electrons. The van der Waals surface area contributed by atoms with Crippen LogP contribution in [-0.2, 0) is 5.41 Å². The van der Waals surface area contributed by atoms with Gasteiger partial charge in [0, 0.05) is 18.3 Å². The summed E-state index contributed by atoms with van der Waals surface area (Å²) in [5.41, 5.74) is 8.08. The van der Waals surface area contributed by atoms with Crippen LogP contribution in [0.2, 0.25) is 0 Å². The van der Waals surface area contributed by atoms with E-state index in [-0.39, 0.29) is 11.4 Å². The zero-order valence-electron chi connectivity index (χ0n) is 12.8. The highest BCUT2D eigenvalue weighted by molar-refractivity contribution is 5.89. The lowest BCUT2D eigenvalue weighted by Gasteiger charge is -2.20. The van der Waals surface area contributed by atoms with Crippen LogP contribution in [0.5, 0.6) is 0 Å². The fraction of sp³-hybridized carbons (Fsp3) is 0.333. The number of carbonyl (C=O) groups excluding carboxylic acids is 1. The van der Waals surface area contributed by atoms with Crippen molar-refractivity contribution in [2.75, 3.05) is 18.1 Å². The molecule has 0 spiro atoms. The van der Waals surface area contributed by atoms with E-state index in [4.69, 9.17) is 5.73 Å². The molecule has 2 rings (SSSR count). The number of nitrogens with one attached hydrogen (secondary N) is 2. The number of aromatic nitrogens is 2. The van der Waals surface area contributed by atoms with Gasteiger partial charge >= 0.3 is 6.03 Å². The van der Waals surface area contributed by atoms with Gasteiger partial charge in [-0.2, -0.15) is 5.10 Å². The van der Waals surface area contributed by atoms with Gasteiger partial charge in [-0.05, 0) is 23.6 Å². The van der Waals surface area contributed by atoms with E-state index in [1.807, 2.05) is 24.3 Å². The Bertz CT molecular complexity index is 654. The molecule has 2 aromatic rings. The second-order valence-corrected chi connectivity index (χ2v) is 5.87. The van der Waals surface area contributed by atoms with E-state index in [1.165, 1.54) is 0 Å². The lowest BCUT2D eigenvalue weighted by atomic mass is 9.89. The number of anilines is 2. The fourth-order valence-corrected chi connectivity index (χ4v) is 2.04. The molecule has 0 aliphatic rings. The average molecular weight is 287 g/mol. The van der Waals surface area contributed by atoms with E-state index in [0.717, 1.165) is 11.3 Å². The van der Waals surface area contributed by atoms with E-state index in [0.29, 0.717) is 11.5 Å². The summed E-state index contributed by atoms with van der Waals surface area (Å²) in [5.74, 6) is 0.646. The first-order valence-corrected chi connectivity index (χ1v) is 6.76. The smallest absolute Gasteiger partial charge is 0.320 e. The zero-order chi connectivity index (χ0) is 15.6. The van der Waals surface area contributed by atoms with E-state index in [1.54, 1.807) is 17.9 Å². The number of rotatable bonds is 2. The summed E-state index contributed by atoms with van der Waals surface area (Å²) in [6.07, 6.45) is 1.77. The van der Waals surface area contributed by atoms with Crippen LogP contribution in [0.25, 0.3) is 5.69 Å². The summed E-state index contributed by atoms with van der Waals surface area (Å²) in [6, 6.07) is 7.08. The number of hydrogen-bond donors (Lipinski definition) is 3. The number of urea groups is 1. The molecule has 1 aromatic carbocycles. The number of nitrogen functional groups attached to an aromatic ring is 1. The van der Waals surface area contributed by atoms with Gasteiger partial charge in [0.1, 0.15) is 5.82 Å². The number of benzene rings is 1. The Morgan fingerprint density at radius 1 is 1.33 bits per heavy atom. The van der Waals surface area contributed by atoms with E-state index in [9.17, 15) is 4.79 Å². The minimum atomic E-state index is -0.286. The number of carbonyl (C=O) groups is 1. The Morgan fingerprint density at radius 3 is 2.62 bits per heavy atom. The lowest BCUT2D eigenvalue weighted by molar-refractivity contribution is 0.253. The van der Waals surface area contributed by atoms with Gasteiger partial charge in [0.15, 0.2) is 0 Å². The van der Waals surface area contributed by atoms with Crippen molar-refractivity contribution in [2.45, 2.75) is 26.2 Å². The summed E-state index contributed by atoms with van der Waals surface area (Å²) in [7, 11) is 1.58. The molecule has 0 saturated heterocycles. The van der Waals surface area contributed by atoms with Crippen molar-refractivity contribution in [3.05, 3.63) is 36.0 Å². The van der Waals surface area contributed by atoms with Gasteiger partial charge in [-0.1, -0.05) is 26.8 Å². The van der Waals surface area contributed by atoms with Gasteiger partial charge < -0.3 is 11.1 Å². The maximum Gasteiger partial charge on any atom is 0.320 e. The van der Waals surface area contributed by atoms with Gasteiger partial charge in [0.25, 0.3) is 0 Å². The van der Waals surface area contributed by atoms with Crippen LogP contribution in [0.15, 0.2) is 30.5 Å². The summed E-state index contributed by atoms with van der Waals surface area (Å²) in [5, 5.41) is 9.80. The van der Waals surface area contributed by atoms with Gasteiger partial charge in [0.05, 0.1) is 11.9 Å². The van der Waals surface area contributed by atoms with Gasteiger partial charge in [-0.3, -0.25) is 5.32 Å². The number of nitrogens with zero attached hydrogens (tertiary/aromatic N) is 2. The maximum atomic E-state index is 11.7. The Balaban J connectivity index is 2.56. The van der Waals surface area contributed by atoms with Crippen LogP contribution < -0.4 is 16.4 Å². The molecule has 4 N–H and O–H groups in total. The van der Waals surface area contributed by atoms with Crippen LogP contribution in [0.3, 0.4) is 0 Å². The molecule has 0 aliphatic carbocycles. The van der Waals surface area contributed by atoms with Crippen molar-refractivity contribution in [2.24, 2.45) is 0 Å². The molecule has 0 bridgehead atoms. The van der Waals surface area contributed by atoms with Crippen molar-refractivity contribution >= 4 is 17.5 Å². The predicted octanol–water partition coefficient (Wildman–Crippen LogP) is 2.50. The maximum absolute atomic E-state index is 11.7.